The highest BCUT2D eigenvalue weighted by atomic mass is 35.5. The number of aromatic nitrogens is 3. The zero-order chi connectivity index (χ0) is 15.2. The summed E-state index contributed by atoms with van der Waals surface area (Å²) in [5.74, 6) is 2.91. The van der Waals surface area contributed by atoms with Crippen LogP contribution in [0.4, 0.5) is 5.82 Å². The fourth-order valence-corrected chi connectivity index (χ4v) is 2.92. The Morgan fingerprint density at radius 1 is 1.67 bits per heavy atom. The number of aliphatic hydroxyl groups excluding tert-OH is 1. The van der Waals surface area contributed by atoms with E-state index in [0.717, 1.165) is 0 Å². The standard InChI is InChI=1S/C14H15ClN4O2/c1-3-14(7-20)8(2)6-10(21-14)19-5-4-9-11(16)17-13(15)18-12(9)19/h1,4-5,8,10,20H,6-7H2,2H3,(H2,16,17,18)/t8-,10+,14+/m0/s1. The van der Waals surface area contributed by atoms with Gasteiger partial charge in [-0.2, -0.15) is 4.98 Å². The molecular weight excluding hydrogens is 292 g/mol. The molecule has 3 heterocycles. The fourth-order valence-electron chi connectivity index (χ4n) is 2.75. The van der Waals surface area contributed by atoms with Crippen molar-refractivity contribution in [1.29, 1.82) is 0 Å². The predicted molar refractivity (Wildman–Crippen MR) is 79.5 cm³/mol. The Labute approximate surface area is 126 Å². The lowest BCUT2D eigenvalue weighted by Gasteiger charge is -2.25. The van der Waals surface area contributed by atoms with Crippen molar-refractivity contribution in [2.24, 2.45) is 5.92 Å². The Balaban J connectivity index is 2.05. The molecule has 1 saturated heterocycles. The molecule has 0 bridgehead atoms. The van der Waals surface area contributed by atoms with Crippen LogP contribution in [0.3, 0.4) is 0 Å². The van der Waals surface area contributed by atoms with E-state index in [1.54, 1.807) is 0 Å². The van der Waals surface area contributed by atoms with E-state index in [-0.39, 0.29) is 24.0 Å². The number of hydrogen-bond donors (Lipinski definition) is 2. The smallest absolute Gasteiger partial charge is 0.226 e. The first-order chi connectivity index (χ1) is 10.0. The summed E-state index contributed by atoms with van der Waals surface area (Å²) in [6, 6.07) is 1.81. The average Bonchev–Trinajstić information content (AvgIpc) is 3.00. The van der Waals surface area contributed by atoms with Crippen LogP contribution in [0.15, 0.2) is 12.3 Å². The maximum Gasteiger partial charge on any atom is 0.226 e. The van der Waals surface area contributed by atoms with E-state index in [9.17, 15) is 5.11 Å². The number of nitrogens with two attached hydrogens (primary N) is 1. The van der Waals surface area contributed by atoms with Gasteiger partial charge >= 0.3 is 0 Å². The van der Waals surface area contributed by atoms with Crippen molar-refractivity contribution in [3.05, 3.63) is 17.5 Å². The molecule has 0 unspecified atom stereocenters. The van der Waals surface area contributed by atoms with Crippen molar-refractivity contribution >= 4 is 28.5 Å². The largest absolute Gasteiger partial charge is 0.392 e. The molecule has 21 heavy (non-hydrogen) atoms. The predicted octanol–water partition coefficient (Wildman–Crippen LogP) is 1.59. The van der Waals surface area contributed by atoms with Crippen LogP contribution in [0, 0.1) is 18.3 Å². The normalized spacial score (nSPS) is 28.9. The minimum atomic E-state index is -0.969. The van der Waals surface area contributed by atoms with Crippen molar-refractivity contribution < 1.29 is 9.84 Å². The van der Waals surface area contributed by atoms with Crippen molar-refractivity contribution in [2.45, 2.75) is 25.2 Å². The van der Waals surface area contributed by atoms with E-state index in [4.69, 9.17) is 28.5 Å². The van der Waals surface area contributed by atoms with Crippen LogP contribution in [-0.2, 0) is 4.74 Å². The lowest BCUT2D eigenvalue weighted by molar-refractivity contribution is -0.0715. The summed E-state index contributed by atoms with van der Waals surface area (Å²) < 4.78 is 7.75. The van der Waals surface area contributed by atoms with Crippen LogP contribution in [0.5, 0.6) is 0 Å². The molecule has 2 aromatic heterocycles. The first kappa shape index (κ1) is 14.1. The number of nitrogens with zero attached hydrogens (tertiary/aromatic N) is 3. The molecule has 110 valence electrons. The van der Waals surface area contributed by atoms with Gasteiger partial charge in [-0.25, -0.2) is 4.98 Å². The molecule has 0 radical (unpaired) electrons. The number of aliphatic hydroxyl groups is 1. The first-order valence-corrected chi connectivity index (χ1v) is 6.94. The van der Waals surface area contributed by atoms with Crippen LogP contribution in [0.1, 0.15) is 19.6 Å². The molecule has 0 aliphatic carbocycles. The molecular formula is C14H15ClN4O2. The molecule has 1 fully saturated rings. The number of terminal acetylenes is 1. The zero-order valence-electron chi connectivity index (χ0n) is 11.5. The summed E-state index contributed by atoms with van der Waals surface area (Å²) in [6.45, 7) is 1.73. The first-order valence-electron chi connectivity index (χ1n) is 6.56. The topological polar surface area (TPSA) is 86.2 Å². The number of hydrogen-bond acceptors (Lipinski definition) is 5. The van der Waals surface area contributed by atoms with Gasteiger partial charge in [-0.05, 0) is 24.1 Å². The Bertz CT molecular complexity index is 738. The number of anilines is 1. The van der Waals surface area contributed by atoms with E-state index < -0.39 is 5.60 Å². The van der Waals surface area contributed by atoms with Gasteiger partial charge in [-0.3, -0.25) is 0 Å². The second-order valence-corrected chi connectivity index (χ2v) is 5.58. The second-order valence-electron chi connectivity index (χ2n) is 5.24. The Morgan fingerprint density at radius 3 is 3.05 bits per heavy atom. The highest BCUT2D eigenvalue weighted by Crippen LogP contribution is 2.42. The van der Waals surface area contributed by atoms with Gasteiger partial charge in [-0.1, -0.05) is 12.8 Å². The molecule has 0 saturated carbocycles. The molecule has 3 rings (SSSR count). The highest BCUT2D eigenvalue weighted by molar-refractivity contribution is 6.28. The van der Waals surface area contributed by atoms with E-state index >= 15 is 0 Å². The molecule has 2 aromatic rings. The van der Waals surface area contributed by atoms with Crippen LogP contribution < -0.4 is 5.73 Å². The van der Waals surface area contributed by atoms with Crippen molar-refractivity contribution in [2.75, 3.05) is 12.3 Å². The number of rotatable bonds is 2. The molecule has 3 atom stereocenters. The third-order valence-electron chi connectivity index (χ3n) is 4.06. The van der Waals surface area contributed by atoms with Gasteiger partial charge in [0.1, 0.15) is 17.7 Å². The average molecular weight is 307 g/mol. The summed E-state index contributed by atoms with van der Waals surface area (Å²) in [5.41, 5.74) is 5.46. The summed E-state index contributed by atoms with van der Waals surface area (Å²) in [4.78, 5) is 8.13. The Kier molecular flexibility index (Phi) is 3.29. The van der Waals surface area contributed by atoms with E-state index in [2.05, 4.69) is 15.9 Å². The summed E-state index contributed by atoms with van der Waals surface area (Å²) in [7, 11) is 0. The quantitative estimate of drug-likeness (QED) is 0.650. The number of nitrogen functional groups attached to an aromatic ring is 1. The van der Waals surface area contributed by atoms with E-state index in [0.29, 0.717) is 23.3 Å². The van der Waals surface area contributed by atoms with Crippen LogP contribution in [-0.4, -0.2) is 31.8 Å². The van der Waals surface area contributed by atoms with Gasteiger partial charge in [0, 0.05) is 12.1 Å². The molecule has 0 amide bonds. The van der Waals surface area contributed by atoms with Crippen LogP contribution in [0.25, 0.3) is 11.0 Å². The van der Waals surface area contributed by atoms with Crippen molar-refractivity contribution in [3.63, 3.8) is 0 Å². The lowest BCUT2D eigenvalue weighted by atomic mass is 9.90. The minimum Gasteiger partial charge on any atom is -0.392 e. The molecule has 0 spiro atoms. The monoisotopic (exact) mass is 306 g/mol. The maximum absolute atomic E-state index is 9.56. The summed E-state index contributed by atoms with van der Waals surface area (Å²) >= 11 is 5.87. The zero-order valence-corrected chi connectivity index (χ0v) is 12.2. The number of ether oxygens (including phenoxy) is 1. The third-order valence-corrected chi connectivity index (χ3v) is 4.23. The van der Waals surface area contributed by atoms with Gasteiger partial charge in [0.05, 0.1) is 12.0 Å². The summed E-state index contributed by atoms with van der Waals surface area (Å²) in [5, 5.41) is 10.3. The number of fused-ring (bicyclic) bond motifs is 1. The fraction of sp³-hybridized carbons (Fsp3) is 0.429. The second kappa shape index (κ2) is 4.88. The van der Waals surface area contributed by atoms with Gasteiger partial charge in [0.15, 0.2) is 5.60 Å². The van der Waals surface area contributed by atoms with Gasteiger partial charge in [0.25, 0.3) is 0 Å². The third kappa shape index (κ3) is 2.05. The number of halogens is 1. The molecule has 1 aliphatic heterocycles. The molecule has 6 nitrogen and oxygen atoms in total. The Morgan fingerprint density at radius 2 is 2.43 bits per heavy atom. The van der Waals surface area contributed by atoms with Gasteiger partial charge in [-0.15, -0.1) is 6.42 Å². The van der Waals surface area contributed by atoms with E-state index in [1.165, 1.54) is 0 Å². The molecule has 7 heteroatoms. The minimum absolute atomic E-state index is 0.0182. The van der Waals surface area contributed by atoms with Crippen LogP contribution >= 0.6 is 11.6 Å². The molecule has 0 aromatic carbocycles. The van der Waals surface area contributed by atoms with Gasteiger partial charge < -0.3 is 20.1 Å². The highest BCUT2D eigenvalue weighted by Gasteiger charge is 2.45. The summed E-state index contributed by atoms with van der Waals surface area (Å²) in [6.07, 6.45) is 7.68. The van der Waals surface area contributed by atoms with Crippen molar-refractivity contribution in [3.8, 4) is 12.3 Å². The van der Waals surface area contributed by atoms with E-state index in [1.807, 2.05) is 23.8 Å². The Hall–Kier alpha value is -1.81. The molecule has 1 aliphatic rings. The maximum atomic E-state index is 9.56. The SMILES string of the molecule is C#C[C@]1(CO)O[C@@H](n2ccc3c(N)nc(Cl)nc32)C[C@@H]1C. The van der Waals surface area contributed by atoms with Crippen molar-refractivity contribution in [1.82, 2.24) is 14.5 Å². The molecule has 3 N–H and O–H groups in total. The lowest BCUT2D eigenvalue weighted by Crippen LogP contribution is -2.36. The van der Waals surface area contributed by atoms with Gasteiger partial charge in [0.2, 0.25) is 5.28 Å². The van der Waals surface area contributed by atoms with Crippen LogP contribution in [0.2, 0.25) is 5.28 Å².